The molecule has 0 saturated heterocycles. The monoisotopic (exact) mass is 512 g/mol. The summed E-state index contributed by atoms with van der Waals surface area (Å²) in [5.74, 6) is 0. The summed E-state index contributed by atoms with van der Waals surface area (Å²) in [4.78, 5) is 0. The zero-order chi connectivity index (χ0) is 22.9. The third-order valence-corrected chi connectivity index (χ3v) is 9.68. The molecule has 0 aliphatic carbocycles. The number of benzene rings is 5. The van der Waals surface area contributed by atoms with E-state index in [1.54, 1.807) is 0 Å². The van der Waals surface area contributed by atoms with E-state index in [1.807, 2.05) is 0 Å². The van der Waals surface area contributed by atoms with Crippen molar-refractivity contribution >= 4 is 66.5 Å². The Bertz CT molecular complexity index is 2050. The Morgan fingerprint density at radius 3 is 2.20 bits per heavy atom. The van der Waals surface area contributed by atoms with Crippen LogP contribution in [0, 0.1) is 0 Å². The number of hydrogen-bond donors (Lipinski definition) is 0. The first kappa shape index (κ1) is 19.3. The first-order chi connectivity index (χ1) is 17.4. The second kappa shape index (κ2) is 7.23. The number of rotatable bonds is 2. The van der Waals surface area contributed by atoms with Crippen molar-refractivity contribution in [2.45, 2.75) is 0 Å². The van der Waals surface area contributed by atoms with Crippen LogP contribution in [0.4, 0.5) is 0 Å². The summed E-state index contributed by atoms with van der Waals surface area (Å²) in [6, 6.07) is 42.1. The van der Waals surface area contributed by atoms with E-state index in [0.29, 0.717) is 14.5 Å². The van der Waals surface area contributed by atoms with Gasteiger partial charge < -0.3 is 0 Å². The van der Waals surface area contributed by atoms with Crippen molar-refractivity contribution in [3.63, 3.8) is 0 Å². The summed E-state index contributed by atoms with van der Waals surface area (Å²) in [6.45, 7) is 0. The molecule has 0 amide bonds. The zero-order valence-electron chi connectivity index (χ0n) is 18.8. The molecular formula is C32H20N2Se. The standard InChI is InChI=1S/C32H20N2Se/c1-2-9-22(10-3-1)34-27-14-6-4-11-23(27)26-19-21-17-18-33(29(21)20-30(26)34)28-15-8-13-25-24-12-5-7-16-31(24)35-32(25)28/h1-20H. The molecule has 0 N–H and O–H groups in total. The van der Waals surface area contributed by atoms with E-state index in [0.717, 1.165) is 0 Å². The average molecular weight is 511 g/mol. The molecule has 0 radical (unpaired) electrons. The van der Waals surface area contributed by atoms with E-state index in [9.17, 15) is 0 Å². The van der Waals surface area contributed by atoms with E-state index >= 15 is 0 Å². The SMILES string of the molecule is c1ccc(-n2c3ccccc3c3cc4ccn(-c5cccc6c5[se]c5ccccc56)c4cc32)cc1. The molecule has 164 valence electrons. The van der Waals surface area contributed by atoms with Gasteiger partial charge in [-0.15, -0.1) is 0 Å². The van der Waals surface area contributed by atoms with Gasteiger partial charge in [0, 0.05) is 0 Å². The van der Waals surface area contributed by atoms with Gasteiger partial charge in [0.05, 0.1) is 0 Å². The number of nitrogens with zero attached hydrogens (tertiary/aromatic N) is 2. The van der Waals surface area contributed by atoms with Crippen LogP contribution in [-0.2, 0) is 0 Å². The van der Waals surface area contributed by atoms with Crippen LogP contribution in [0.25, 0.3) is 63.4 Å². The molecular weight excluding hydrogens is 491 g/mol. The number of aromatic nitrogens is 2. The summed E-state index contributed by atoms with van der Waals surface area (Å²) < 4.78 is 7.75. The zero-order valence-corrected chi connectivity index (χ0v) is 20.6. The molecule has 0 fully saturated rings. The predicted molar refractivity (Wildman–Crippen MR) is 150 cm³/mol. The maximum atomic E-state index is 2.40. The van der Waals surface area contributed by atoms with Crippen molar-refractivity contribution in [2.75, 3.05) is 0 Å². The van der Waals surface area contributed by atoms with Crippen LogP contribution in [0.1, 0.15) is 0 Å². The molecule has 0 aliphatic rings. The fraction of sp³-hybridized carbons (Fsp3) is 0. The summed E-state index contributed by atoms with van der Waals surface area (Å²) in [7, 11) is 0. The molecule has 0 bridgehead atoms. The molecule has 2 nitrogen and oxygen atoms in total. The summed E-state index contributed by atoms with van der Waals surface area (Å²) in [5.41, 5.74) is 6.22. The normalized spacial score (nSPS) is 12.0. The molecule has 8 rings (SSSR count). The van der Waals surface area contributed by atoms with Crippen LogP contribution in [0.2, 0.25) is 0 Å². The van der Waals surface area contributed by atoms with Gasteiger partial charge >= 0.3 is 208 Å². The second-order valence-electron chi connectivity index (χ2n) is 9.05. The average Bonchev–Trinajstić information content (AvgIpc) is 3.59. The van der Waals surface area contributed by atoms with Crippen LogP contribution in [0.3, 0.4) is 0 Å². The van der Waals surface area contributed by atoms with E-state index in [1.165, 1.54) is 63.4 Å². The van der Waals surface area contributed by atoms with Crippen molar-refractivity contribution in [3.05, 3.63) is 121 Å². The van der Waals surface area contributed by atoms with Gasteiger partial charge in [-0.25, -0.2) is 0 Å². The third kappa shape index (κ3) is 2.71. The van der Waals surface area contributed by atoms with Crippen molar-refractivity contribution in [2.24, 2.45) is 0 Å². The van der Waals surface area contributed by atoms with Gasteiger partial charge in [-0.1, -0.05) is 0 Å². The van der Waals surface area contributed by atoms with Crippen molar-refractivity contribution in [1.29, 1.82) is 0 Å². The molecule has 35 heavy (non-hydrogen) atoms. The second-order valence-corrected chi connectivity index (χ2v) is 11.3. The van der Waals surface area contributed by atoms with Crippen molar-refractivity contribution < 1.29 is 0 Å². The molecule has 0 unspecified atom stereocenters. The van der Waals surface area contributed by atoms with Crippen LogP contribution in [0.5, 0.6) is 0 Å². The Kier molecular flexibility index (Phi) is 3.98. The summed E-state index contributed by atoms with van der Waals surface area (Å²) in [5, 5.41) is 6.64. The van der Waals surface area contributed by atoms with Crippen LogP contribution in [0.15, 0.2) is 121 Å². The van der Waals surface area contributed by atoms with Gasteiger partial charge in [0.15, 0.2) is 0 Å². The number of hydrogen-bond acceptors (Lipinski definition) is 0. The van der Waals surface area contributed by atoms with Gasteiger partial charge in [0.25, 0.3) is 0 Å². The molecule has 3 heterocycles. The molecule has 0 atom stereocenters. The van der Waals surface area contributed by atoms with E-state index in [-0.39, 0.29) is 0 Å². The molecule has 3 heteroatoms. The Hall–Kier alpha value is -4.04. The molecule has 0 spiro atoms. The van der Waals surface area contributed by atoms with Gasteiger partial charge in [0.1, 0.15) is 0 Å². The summed E-state index contributed by atoms with van der Waals surface area (Å²) >= 11 is 0.308. The molecule has 0 aliphatic heterocycles. The summed E-state index contributed by atoms with van der Waals surface area (Å²) in [6.07, 6.45) is 2.24. The molecule has 0 saturated carbocycles. The minimum absolute atomic E-state index is 0.308. The Morgan fingerprint density at radius 1 is 0.514 bits per heavy atom. The van der Waals surface area contributed by atoms with Gasteiger partial charge in [-0.2, -0.15) is 0 Å². The van der Waals surface area contributed by atoms with Gasteiger partial charge in [-0.05, 0) is 0 Å². The van der Waals surface area contributed by atoms with Crippen LogP contribution in [-0.4, -0.2) is 23.6 Å². The first-order valence-electron chi connectivity index (χ1n) is 11.9. The Labute approximate surface area is 208 Å². The van der Waals surface area contributed by atoms with E-state index in [2.05, 4.69) is 131 Å². The number of para-hydroxylation sites is 2. The quantitative estimate of drug-likeness (QED) is 0.208. The fourth-order valence-electron chi connectivity index (χ4n) is 5.59. The molecule has 5 aromatic carbocycles. The molecule has 3 aromatic heterocycles. The first-order valence-corrected chi connectivity index (χ1v) is 13.6. The predicted octanol–water partition coefficient (Wildman–Crippen LogP) is 8.09. The third-order valence-electron chi connectivity index (χ3n) is 7.14. The Balaban J connectivity index is 1.47. The van der Waals surface area contributed by atoms with Crippen LogP contribution < -0.4 is 0 Å². The fourth-order valence-corrected chi connectivity index (χ4v) is 8.13. The van der Waals surface area contributed by atoms with Gasteiger partial charge in [0.2, 0.25) is 0 Å². The van der Waals surface area contributed by atoms with Crippen molar-refractivity contribution in [3.8, 4) is 11.4 Å². The topological polar surface area (TPSA) is 9.86 Å². The van der Waals surface area contributed by atoms with Crippen molar-refractivity contribution in [1.82, 2.24) is 9.13 Å². The van der Waals surface area contributed by atoms with E-state index in [4.69, 9.17) is 0 Å². The Morgan fingerprint density at radius 2 is 1.29 bits per heavy atom. The molecule has 8 aromatic rings. The van der Waals surface area contributed by atoms with Gasteiger partial charge in [-0.3, -0.25) is 0 Å². The number of fused-ring (bicyclic) bond motifs is 7. The maximum absolute atomic E-state index is 2.40. The minimum atomic E-state index is 0.308. The van der Waals surface area contributed by atoms with Crippen LogP contribution >= 0.6 is 0 Å². The van der Waals surface area contributed by atoms with E-state index < -0.39 is 0 Å².